The molecule has 0 aromatic heterocycles. The van der Waals surface area contributed by atoms with Crippen molar-refractivity contribution in [2.45, 2.75) is 38.1 Å². The van der Waals surface area contributed by atoms with Gasteiger partial charge in [-0.3, -0.25) is 4.79 Å². The van der Waals surface area contributed by atoms with Crippen LogP contribution in [0.3, 0.4) is 0 Å². The second kappa shape index (κ2) is 10.5. The number of carbonyl (C=O) groups is 1. The summed E-state index contributed by atoms with van der Waals surface area (Å²) in [5.41, 5.74) is 9.26. The number of ether oxygens (including phenoxy) is 1. The van der Waals surface area contributed by atoms with Crippen LogP contribution in [0.25, 0.3) is 0 Å². The van der Waals surface area contributed by atoms with Crippen molar-refractivity contribution in [3.8, 4) is 5.75 Å². The molecule has 0 amide bonds. The molecule has 1 unspecified atom stereocenters. The first-order valence-electron chi connectivity index (χ1n) is 12.2. The van der Waals surface area contributed by atoms with Gasteiger partial charge in [-0.1, -0.05) is 41.9 Å². The fourth-order valence-corrected chi connectivity index (χ4v) is 6.64. The molecule has 10 heteroatoms. The maximum Gasteiger partial charge on any atom is 0.310 e. The van der Waals surface area contributed by atoms with E-state index in [0.29, 0.717) is 27.6 Å². The number of carboxylic acid groups (broad SMARTS) is 1. The summed E-state index contributed by atoms with van der Waals surface area (Å²) in [6, 6.07) is 15.5. The zero-order valence-electron chi connectivity index (χ0n) is 21.8. The lowest BCUT2D eigenvalue weighted by Crippen LogP contribution is -2.33. The molecular formula is C28H32ClN3O5S. The first-order chi connectivity index (χ1) is 17.9. The molecule has 3 aromatic rings. The van der Waals surface area contributed by atoms with Gasteiger partial charge in [0.2, 0.25) is 10.0 Å². The summed E-state index contributed by atoms with van der Waals surface area (Å²) in [6.45, 7) is 5.55. The Labute approximate surface area is 228 Å². The van der Waals surface area contributed by atoms with Crippen LogP contribution in [0.4, 0.5) is 11.4 Å². The molecule has 1 aliphatic rings. The first kappa shape index (κ1) is 27.8. The van der Waals surface area contributed by atoms with Crippen molar-refractivity contribution in [1.29, 1.82) is 0 Å². The Kier molecular flexibility index (Phi) is 7.65. The van der Waals surface area contributed by atoms with E-state index in [1.165, 1.54) is 10.4 Å². The Morgan fingerprint density at radius 2 is 1.92 bits per heavy atom. The van der Waals surface area contributed by atoms with Crippen molar-refractivity contribution in [2.24, 2.45) is 5.41 Å². The Balaban J connectivity index is 1.81. The topological polar surface area (TPSA) is 122 Å². The van der Waals surface area contributed by atoms with E-state index < -0.39 is 27.3 Å². The fraction of sp³-hybridized carbons (Fsp3) is 0.321. The quantitative estimate of drug-likeness (QED) is 0.345. The zero-order chi connectivity index (χ0) is 27.8. The summed E-state index contributed by atoms with van der Waals surface area (Å²) >= 11 is 6.58. The molecule has 0 saturated heterocycles. The Hall–Kier alpha value is -3.27. The van der Waals surface area contributed by atoms with Gasteiger partial charge >= 0.3 is 5.97 Å². The molecule has 0 fully saturated rings. The monoisotopic (exact) mass is 557 g/mol. The third-order valence-electron chi connectivity index (χ3n) is 7.23. The molecule has 0 spiro atoms. The van der Waals surface area contributed by atoms with Crippen molar-refractivity contribution in [2.75, 3.05) is 31.2 Å². The van der Waals surface area contributed by atoms with Crippen LogP contribution in [0.5, 0.6) is 5.75 Å². The molecule has 8 nitrogen and oxygen atoms in total. The SMILES string of the molecule is CNc1ccc(C(c2ccc(Cl)c(CN3CCOc4ccccc4S3(=O)=O)c2)C(C)(C)C(=O)O)c(C)c1N. The number of halogens is 1. The minimum Gasteiger partial charge on any atom is -0.491 e. The number of sulfonamides is 1. The van der Waals surface area contributed by atoms with Gasteiger partial charge in [0.05, 0.1) is 16.8 Å². The van der Waals surface area contributed by atoms with Gasteiger partial charge in [-0.05, 0) is 67.3 Å². The number of carboxylic acids is 1. The lowest BCUT2D eigenvalue weighted by Gasteiger charge is -2.33. The number of fused-ring (bicyclic) bond motifs is 1. The lowest BCUT2D eigenvalue weighted by molar-refractivity contribution is -0.147. The number of anilines is 2. The molecular weight excluding hydrogens is 526 g/mol. The number of hydrogen-bond acceptors (Lipinski definition) is 6. The lowest BCUT2D eigenvalue weighted by atomic mass is 9.70. The summed E-state index contributed by atoms with van der Waals surface area (Å²) < 4.78 is 34.0. The fourth-order valence-electron chi connectivity index (χ4n) is 4.93. The van der Waals surface area contributed by atoms with E-state index >= 15 is 0 Å². The van der Waals surface area contributed by atoms with Crippen LogP contribution >= 0.6 is 11.6 Å². The summed E-state index contributed by atoms with van der Waals surface area (Å²) in [5, 5.41) is 13.6. The molecule has 1 heterocycles. The van der Waals surface area contributed by atoms with E-state index in [9.17, 15) is 18.3 Å². The molecule has 0 bridgehead atoms. The smallest absolute Gasteiger partial charge is 0.310 e. The number of aliphatic carboxylic acids is 1. The van der Waals surface area contributed by atoms with Gasteiger partial charge in [0.15, 0.2) is 0 Å². The number of benzene rings is 3. The van der Waals surface area contributed by atoms with Gasteiger partial charge < -0.3 is 20.9 Å². The van der Waals surface area contributed by atoms with Gasteiger partial charge in [0.1, 0.15) is 17.3 Å². The van der Waals surface area contributed by atoms with Crippen LogP contribution < -0.4 is 15.8 Å². The van der Waals surface area contributed by atoms with Crippen LogP contribution in [0.1, 0.15) is 42.0 Å². The highest BCUT2D eigenvalue weighted by atomic mass is 35.5. The second-order valence-electron chi connectivity index (χ2n) is 9.94. The molecule has 38 heavy (non-hydrogen) atoms. The van der Waals surface area contributed by atoms with Crippen LogP contribution in [0.15, 0.2) is 59.5 Å². The number of nitrogens with one attached hydrogen (secondary N) is 1. The highest BCUT2D eigenvalue weighted by Gasteiger charge is 2.40. The van der Waals surface area contributed by atoms with E-state index in [4.69, 9.17) is 22.1 Å². The van der Waals surface area contributed by atoms with Crippen molar-refractivity contribution < 1.29 is 23.1 Å². The van der Waals surface area contributed by atoms with Gasteiger partial charge in [-0.2, -0.15) is 4.31 Å². The average molecular weight is 558 g/mol. The third kappa shape index (κ3) is 4.93. The third-order valence-corrected chi connectivity index (χ3v) is 9.48. The molecule has 0 radical (unpaired) electrons. The van der Waals surface area contributed by atoms with Crippen molar-refractivity contribution in [1.82, 2.24) is 4.31 Å². The Bertz CT molecular complexity index is 1490. The van der Waals surface area contributed by atoms with E-state index in [1.54, 1.807) is 57.3 Å². The number of rotatable bonds is 7. The van der Waals surface area contributed by atoms with Crippen molar-refractivity contribution in [3.05, 3.63) is 81.9 Å². The van der Waals surface area contributed by atoms with Gasteiger partial charge in [0, 0.05) is 31.1 Å². The average Bonchev–Trinajstić information content (AvgIpc) is 2.99. The van der Waals surface area contributed by atoms with Crippen LogP contribution in [0, 0.1) is 12.3 Å². The minimum atomic E-state index is -3.85. The van der Waals surface area contributed by atoms with E-state index in [1.807, 2.05) is 19.1 Å². The van der Waals surface area contributed by atoms with E-state index in [0.717, 1.165) is 16.8 Å². The molecule has 4 N–H and O–H groups in total. The van der Waals surface area contributed by atoms with Crippen LogP contribution in [0.2, 0.25) is 5.02 Å². The zero-order valence-corrected chi connectivity index (χ0v) is 23.4. The van der Waals surface area contributed by atoms with E-state index in [-0.39, 0.29) is 24.6 Å². The maximum absolute atomic E-state index is 13.5. The molecule has 3 aromatic carbocycles. The first-order valence-corrected chi connectivity index (χ1v) is 14.0. The predicted molar refractivity (Wildman–Crippen MR) is 149 cm³/mol. The number of nitrogens with two attached hydrogens (primary N) is 1. The standard InChI is InChI=1S/C28H32ClN3O5S/c1-17-20(10-12-22(31-4)26(17)30)25(28(2,3)27(33)34)18-9-11-21(29)19(15-18)16-32-13-14-37-23-7-5-6-8-24(23)38(32,35)36/h5-12,15,25,31H,13-14,16,30H2,1-4H3,(H,33,34). The number of nitrogens with zero attached hydrogens (tertiary/aromatic N) is 1. The minimum absolute atomic E-state index is 0.00668. The molecule has 202 valence electrons. The summed E-state index contributed by atoms with van der Waals surface area (Å²) in [6.07, 6.45) is 0. The predicted octanol–water partition coefficient (Wildman–Crippen LogP) is 5.10. The molecule has 0 aliphatic carbocycles. The van der Waals surface area contributed by atoms with Crippen molar-refractivity contribution in [3.63, 3.8) is 0 Å². The van der Waals surface area contributed by atoms with Crippen LogP contribution in [-0.4, -0.2) is 44.0 Å². The summed E-state index contributed by atoms with van der Waals surface area (Å²) in [5.74, 6) is -1.25. The Morgan fingerprint density at radius 3 is 2.61 bits per heavy atom. The van der Waals surface area contributed by atoms with Gasteiger partial charge in [-0.15, -0.1) is 0 Å². The van der Waals surface area contributed by atoms with Gasteiger partial charge in [0.25, 0.3) is 0 Å². The number of nitrogen functional groups attached to an aromatic ring is 1. The molecule has 0 saturated carbocycles. The highest BCUT2D eigenvalue weighted by molar-refractivity contribution is 7.89. The Morgan fingerprint density at radius 1 is 1.21 bits per heavy atom. The summed E-state index contributed by atoms with van der Waals surface area (Å²) in [7, 11) is -2.08. The largest absolute Gasteiger partial charge is 0.491 e. The van der Waals surface area contributed by atoms with E-state index in [2.05, 4.69) is 5.32 Å². The molecule has 1 atom stereocenters. The summed E-state index contributed by atoms with van der Waals surface area (Å²) in [4.78, 5) is 12.6. The molecule has 1 aliphatic heterocycles. The highest BCUT2D eigenvalue weighted by Crippen LogP contribution is 2.45. The second-order valence-corrected chi connectivity index (χ2v) is 12.2. The van der Waals surface area contributed by atoms with Crippen LogP contribution in [-0.2, 0) is 21.4 Å². The maximum atomic E-state index is 13.5. The number of hydrogen-bond donors (Lipinski definition) is 3. The molecule has 4 rings (SSSR count). The van der Waals surface area contributed by atoms with Crippen molar-refractivity contribution >= 4 is 39.0 Å². The van der Waals surface area contributed by atoms with Gasteiger partial charge in [-0.25, -0.2) is 8.42 Å². The number of para-hydroxylation sites is 1. The normalized spacial score (nSPS) is 16.1.